The second-order valence-corrected chi connectivity index (χ2v) is 6.69. The molecule has 0 aliphatic heterocycles. The van der Waals surface area contributed by atoms with E-state index in [0.717, 1.165) is 5.56 Å². The molecular formula is C14H20FN3O2S. The SMILES string of the molecule is CCN(CCCNCc1ccc(F)c(C#N)c1)S(C)(=O)=O. The molecule has 5 nitrogen and oxygen atoms in total. The van der Waals surface area contributed by atoms with Crippen molar-refractivity contribution in [3.05, 3.63) is 35.1 Å². The monoisotopic (exact) mass is 313 g/mol. The number of nitriles is 1. The van der Waals surface area contributed by atoms with E-state index >= 15 is 0 Å². The summed E-state index contributed by atoms with van der Waals surface area (Å²) in [6.45, 7) is 3.89. The highest BCUT2D eigenvalue weighted by Crippen LogP contribution is 2.09. The predicted octanol–water partition coefficient (Wildman–Crippen LogP) is 1.46. The van der Waals surface area contributed by atoms with Gasteiger partial charge in [-0.25, -0.2) is 17.1 Å². The lowest BCUT2D eigenvalue weighted by molar-refractivity contribution is 0.419. The Morgan fingerprint density at radius 1 is 1.43 bits per heavy atom. The normalized spacial score (nSPS) is 11.6. The highest BCUT2D eigenvalue weighted by Gasteiger charge is 2.12. The topological polar surface area (TPSA) is 73.2 Å². The summed E-state index contributed by atoms with van der Waals surface area (Å²) in [6.07, 6.45) is 1.89. The van der Waals surface area contributed by atoms with Crippen molar-refractivity contribution in [2.24, 2.45) is 0 Å². The van der Waals surface area contributed by atoms with E-state index in [9.17, 15) is 12.8 Å². The van der Waals surface area contributed by atoms with Crippen LogP contribution in [0.15, 0.2) is 18.2 Å². The van der Waals surface area contributed by atoms with Crippen LogP contribution in [-0.2, 0) is 16.6 Å². The minimum Gasteiger partial charge on any atom is -0.313 e. The summed E-state index contributed by atoms with van der Waals surface area (Å²) in [6, 6.07) is 6.21. The molecule has 0 radical (unpaired) electrons. The zero-order chi connectivity index (χ0) is 15.9. The Balaban J connectivity index is 2.37. The molecule has 0 aliphatic rings. The van der Waals surface area contributed by atoms with Crippen LogP contribution in [0.25, 0.3) is 0 Å². The van der Waals surface area contributed by atoms with Crippen LogP contribution in [0.5, 0.6) is 0 Å². The zero-order valence-electron chi connectivity index (χ0n) is 12.3. The molecule has 0 saturated carbocycles. The third-order valence-corrected chi connectivity index (χ3v) is 4.44. The quantitative estimate of drug-likeness (QED) is 0.737. The molecule has 0 atom stereocenters. The molecule has 0 saturated heterocycles. The lowest BCUT2D eigenvalue weighted by atomic mass is 10.1. The van der Waals surface area contributed by atoms with E-state index < -0.39 is 15.8 Å². The van der Waals surface area contributed by atoms with Gasteiger partial charge in [-0.3, -0.25) is 0 Å². The molecule has 0 bridgehead atoms. The minimum atomic E-state index is -3.14. The maximum atomic E-state index is 13.1. The van der Waals surface area contributed by atoms with Gasteiger partial charge in [-0.05, 0) is 30.7 Å². The summed E-state index contributed by atoms with van der Waals surface area (Å²) < 4.78 is 37.3. The molecule has 1 N–H and O–H groups in total. The highest BCUT2D eigenvalue weighted by atomic mass is 32.2. The van der Waals surface area contributed by atoms with Crippen LogP contribution in [0.3, 0.4) is 0 Å². The van der Waals surface area contributed by atoms with E-state index in [4.69, 9.17) is 5.26 Å². The first-order valence-corrected chi connectivity index (χ1v) is 8.57. The second kappa shape index (κ2) is 8.08. The zero-order valence-corrected chi connectivity index (χ0v) is 13.1. The van der Waals surface area contributed by atoms with E-state index in [2.05, 4.69) is 5.32 Å². The van der Waals surface area contributed by atoms with Crippen LogP contribution in [0.1, 0.15) is 24.5 Å². The number of hydrogen-bond donors (Lipinski definition) is 1. The fraction of sp³-hybridized carbons (Fsp3) is 0.500. The third-order valence-electron chi connectivity index (χ3n) is 3.06. The third kappa shape index (κ3) is 5.79. The molecule has 0 unspecified atom stereocenters. The van der Waals surface area contributed by atoms with Gasteiger partial charge >= 0.3 is 0 Å². The van der Waals surface area contributed by atoms with E-state index in [1.807, 2.05) is 0 Å². The Morgan fingerprint density at radius 2 is 2.14 bits per heavy atom. The van der Waals surface area contributed by atoms with Gasteiger partial charge in [-0.2, -0.15) is 5.26 Å². The van der Waals surface area contributed by atoms with Crippen LogP contribution in [0, 0.1) is 17.1 Å². The van der Waals surface area contributed by atoms with Gasteiger partial charge < -0.3 is 5.32 Å². The number of nitrogens with one attached hydrogen (secondary N) is 1. The molecule has 0 fully saturated rings. The smallest absolute Gasteiger partial charge is 0.211 e. The van der Waals surface area contributed by atoms with Crippen LogP contribution in [0.4, 0.5) is 4.39 Å². The Hall–Kier alpha value is -1.49. The summed E-state index contributed by atoms with van der Waals surface area (Å²) >= 11 is 0. The van der Waals surface area contributed by atoms with Crippen LogP contribution < -0.4 is 5.32 Å². The molecule has 21 heavy (non-hydrogen) atoms. The Morgan fingerprint density at radius 3 is 2.71 bits per heavy atom. The Kier molecular flexibility index (Phi) is 6.75. The fourth-order valence-electron chi connectivity index (χ4n) is 1.94. The number of nitrogens with zero attached hydrogens (tertiary/aromatic N) is 2. The molecule has 0 spiro atoms. The summed E-state index contributed by atoms with van der Waals surface area (Å²) in [7, 11) is -3.14. The molecule has 0 aliphatic carbocycles. The van der Waals surface area contributed by atoms with Crippen molar-refractivity contribution in [2.75, 3.05) is 25.9 Å². The average molecular weight is 313 g/mol. The molecule has 116 valence electrons. The summed E-state index contributed by atoms with van der Waals surface area (Å²) in [5.74, 6) is -0.520. The van der Waals surface area contributed by atoms with Gasteiger partial charge in [0.1, 0.15) is 11.9 Å². The van der Waals surface area contributed by atoms with Crippen molar-refractivity contribution in [1.82, 2.24) is 9.62 Å². The van der Waals surface area contributed by atoms with Gasteiger partial charge in [0, 0.05) is 19.6 Å². The molecule has 0 amide bonds. The van der Waals surface area contributed by atoms with Gasteiger partial charge in [0.15, 0.2) is 0 Å². The van der Waals surface area contributed by atoms with Crippen molar-refractivity contribution in [3.63, 3.8) is 0 Å². The van der Waals surface area contributed by atoms with Gasteiger partial charge in [0.2, 0.25) is 10.0 Å². The summed E-state index contributed by atoms with van der Waals surface area (Å²) in [4.78, 5) is 0. The molecule has 1 aromatic carbocycles. The molecule has 7 heteroatoms. The highest BCUT2D eigenvalue weighted by molar-refractivity contribution is 7.88. The lowest BCUT2D eigenvalue weighted by Gasteiger charge is -2.17. The molecule has 0 heterocycles. The van der Waals surface area contributed by atoms with Crippen molar-refractivity contribution in [3.8, 4) is 6.07 Å². The van der Waals surface area contributed by atoms with Gasteiger partial charge in [0.05, 0.1) is 11.8 Å². The predicted molar refractivity (Wildman–Crippen MR) is 79.5 cm³/mol. The Labute approximate surface area is 125 Å². The molecule has 1 rings (SSSR count). The average Bonchev–Trinajstić information content (AvgIpc) is 2.43. The molecule has 1 aromatic rings. The number of hydrogen-bond acceptors (Lipinski definition) is 4. The minimum absolute atomic E-state index is 0.0311. The number of halogens is 1. The van der Waals surface area contributed by atoms with Crippen molar-refractivity contribution >= 4 is 10.0 Å². The molecule has 0 aromatic heterocycles. The maximum Gasteiger partial charge on any atom is 0.211 e. The Bertz CT molecular complexity index is 611. The van der Waals surface area contributed by atoms with Gasteiger partial charge in [0.25, 0.3) is 0 Å². The number of benzene rings is 1. The van der Waals surface area contributed by atoms with Gasteiger partial charge in [-0.15, -0.1) is 0 Å². The van der Waals surface area contributed by atoms with Crippen LogP contribution >= 0.6 is 0 Å². The number of sulfonamides is 1. The van der Waals surface area contributed by atoms with E-state index in [-0.39, 0.29) is 5.56 Å². The summed E-state index contributed by atoms with van der Waals surface area (Å²) in [5, 5.41) is 11.9. The summed E-state index contributed by atoms with van der Waals surface area (Å²) in [5.41, 5.74) is 0.854. The number of rotatable bonds is 8. The van der Waals surface area contributed by atoms with E-state index in [0.29, 0.717) is 32.6 Å². The fourth-order valence-corrected chi connectivity index (χ4v) is 2.87. The van der Waals surface area contributed by atoms with Crippen molar-refractivity contribution in [1.29, 1.82) is 5.26 Å². The van der Waals surface area contributed by atoms with Gasteiger partial charge in [-0.1, -0.05) is 13.0 Å². The largest absolute Gasteiger partial charge is 0.313 e. The van der Waals surface area contributed by atoms with Crippen molar-refractivity contribution in [2.45, 2.75) is 19.9 Å². The van der Waals surface area contributed by atoms with Crippen LogP contribution in [-0.4, -0.2) is 38.6 Å². The standard InChI is InChI=1S/C14H20FN3O2S/c1-3-18(21(2,19)20)8-4-7-17-11-12-5-6-14(15)13(9-12)10-16/h5-6,9,17H,3-4,7-8,11H2,1-2H3. The maximum absolute atomic E-state index is 13.1. The van der Waals surface area contributed by atoms with Crippen molar-refractivity contribution < 1.29 is 12.8 Å². The second-order valence-electron chi connectivity index (χ2n) is 4.71. The first kappa shape index (κ1) is 17.6. The van der Waals surface area contributed by atoms with E-state index in [1.165, 1.54) is 22.7 Å². The van der Waals surface area contributed by atoms with Crippen LogP contribution in [0.2, 0.25) is 0 Å². The first-order chi connectivity index (χ1) is 9.88. The first-order valence-electron chi connectivity index (χ1n) is 6.73. The molecular weight excluding hydrogens is 293 g/mol. The van der Waals surface area contributed by atoms with E-state index in [1.54, 1.807) is 19.1 Å². The lowest BCUT2D eigenvalue weighted by Crippen LogP contribution is -2.32.